The van der Waals surface area contributed by atoms with Gasteiger partial charge >= 0.3 is 0 Å². The molecule has 2 N–H and O–H groups in total. The van der Waals surface area contributed by atoms with Crippen molar-refractivity contribution in [2.75, 3.05) is 26.5 Å². The van der Waals surface area contributed by atoms with Crippen LogP contribution >= 0.6 is 0 Å². The predicted octanol–water partition coefficient (Wildman–Crippen LogP) is 3.04. The highest BCUT2D eigenvalue weighted by molar-refractivity contribution is 5.98. The lowest BCUT2D eigenvalue weighted by Crippen LogP contribution is -2.45. The fraction of sp³-hybridized carbons (Fsp3) is 0.542. The van der Waals surface area contributed by atoms with Gasteiger partial charge in [0, 0.05) is 39.4 Å². The topological polar surface area (TPSA) is 127 Å². The number of hydrogen-bond acceptors (Lipinski definition) is 7. The summed E-state index contributed by atoms with van der Waals surface area (Å²) in [6.45, 7) is 1.49. The number of amides is 3. The minimum Gasteiger partial charge on any atom is -0.495 e. The van der Waals surface area contributed by atoms with Crippen LogP contribution in [0.4, 0.5) is 5.69 Å². The van der Waals surface area contributed by atoms with Gasteiger partial charge in [-0.25, -0.2) is 0 Å². The summed E-state index contributed by atoms with van der Waals surface area (Å²) < 4.78 is 10.7. The summed E-state index contributed by atoms with van der Waals surface area (Å²) in [5, 5.41) is 9.99. The van der Waals surface area contributed by atoms with Crippen molar-refractivity contribution in [3.8, 4) is 5.75 Å². The first kappa shape index (κ1) is 25.2. The Balaban J connectivity index is 1.67. The highest BCUT2D eigenvalue weighted by atomic mass is 16.5. The molecular formula is C24H33N5O5. The van der Waals surface area contributed by atoms with E-state index in [0.717, 1.165) is 38.5 Å². The molecule has 1 aromatic carbocycles. The number of carbonyl (C=O) groups is 3. The normalized spacial score (nSPS) is 15.2. The molecule has 0 saturated heterocycles. The molecule has 1 saturated carbocycles. The van der Waals surface area contributed by atoms with Crippen LogP contribution in [0.1, 0.15) is 73.9 Å². The van der Waals surface area contributed by atoms with Crippen molar-refractivity contribution in [3.05, 3.63) is 35.5 Å². The third kappa shape index (κ3) is 6.12. The van der Waals surface area contributed by atoms with Gasteiger partial charge in [-0.15, -0.1) is 0 Å². The van der Waals surface area contributed by atoms with Crippen molar-refractivity contribution in [1.82, 2.24) is 20.4 Å². The van der Waals surface area contributed by atoms with Crippen molar-refractivity contribution >= 4 is 23.4 Å². The Hall–Kier alpha value is -3.43. The van der Waals surface area contributed by atoms with Gasteiger partial charge in [0.15, 0.2) is 5.82 Å². The van der Waals surface area contributed by atoms with Crippen molar-refractivity contribution in [1.29, 1.82) is 0 Å². The van der Waals surface area contributed by atoms with Crippen LogP contribution in [0.3, 0.4) is 0 Å². The van der Waals surface area contributed by atoms with E-state index in [9.17, 15) is 14.4 Å². The van der Waals surface area contributed by atoms with Crippen LogP contribution in [0.5, 0.6) is 5.75 Å². The number of rotatable bonds is 8. The number of ether oxygens (including phenoxy) is 1. The van der Waals surface area contributed by atoms with Crippen LogP contribution in [0.2, 0.25) is 0 Å². The van der Waals surface area contributed by atoms with Crippen LogP contribution in [-0.4, -0.2) is 54.0 Å². The summed E-state index contributed by atoms with van der Waals surface area (Å²) in [7, 11) is 4.82. The van der Waals surface area contributed by atoms with E-state index >= 15 is 0 Å². The summed E-state index contributed by atoms with van der Waals surface area (Å²) in [6.07, 6.45) is 6.03. The smallest absolute Gasteiger partial charge is 0.253 e. The average molecular weight is 472 g/mol. The van der Waals surface area contributed by atoms with E-state index in [1.54, 1.807) is 32.3 Å². The zero-order valence-electron chi connectivity index (χ0n) is 20.3. The summed E-state index contributed by atoms with van der Waals surface area (Å²) in [6, 6.07) is 4.88. The Morgan fingerprint density at radius 3 is 2.47 bits per heavy atom. The number of benzene rings is 1. The van der Waals surface area contributed by atoms with E-state index in [-0.39, 0.29) is 30.6 Å². The second-order valence-electron chi connectivity index (χ2n) is 8.85. The molecule has 0 spiro atoms. The molecule has 1 aliphatic carbocycles. The number of anilines is 1. The molecule has 0 atom stereocenters. The van der Waals surface area contributed by atoms with Gasteiger partial charge in [-0.3, -0.25) is 14.4 Å². The minimum absolute atomic E-state index is 0.101. The zero-order valence-corrected chi connectivity index (χ0v) is 20.3. The summed E-state index contributed by atoms with van der Waals surface area (Å²) >= 11 is 0. The van der Waals surface area contributed by atoms with Gasteiger partial charge in [0.1, 0.15) is 11.3 Å². The van der Waals surface area contributed by atoms with E-state index in [1.807, 2.05) is 0 Å². The highest BCUT2D eigenvalue weighted by Gasteiger charge is 2.38. The van der Waals surface area contributed by atoms with Crippen LogP contribution < -0.4 is 15.4 Å². The predicted molar refractivity (Wildman–Crippen MR) is 125 cm³/mol. The van der Waals surface area contributed by atoms with E-state index in [4.69, 9.17) is 9.26 Å². The van der Waals surface area contributed by atoms with Gasteiger partial charge < -0.3 is 24.8 Å². The molecule has 3 amide bonds. The number of hydrogen-bond donors (Lipinski definition) is 2. The molecule has 0 aliphatic heterocycles. The lowest BCUT2D eigenvalue weighted by molar-refractivity contribution is -0.121. The standard InChI is InChI=1S/C24H33N5O5/c1-16(30)27-24(13-7-5-6-8-14-24)23-26-21(34-28-23)12-11-20(31)25-18-15-17(22(32)29(2)3)9-10-19(18)33-4/h9-10,15H,5-8,11-14H2,1-4H3,(H,25,31)(H,27,30). The molecule has 10 heteroatoms. The molecule has 184 valence electrons. The Morgan fingerprint density at radius 1 is 1.15 bits per heavy atom. The number of nitrogens with zero attached hydrogens (tertiary/aromatic N) is 3. The molecule has 1 fully saturated rings. The van der Waals surface area contributed by atoms with Gasteiger partial charge in [-0.2, -0.15) is 4.98 Å². The van der Waals surface area contributed by atoms with Crippen LogP contribution in [0, 0.1) is 0 Å². The Morgan fingerprint density at radius 2 is 1.85 bits per heavy atom. The van der Waals surface area contributed by atoms with E-state index < -0.39 is 5.54 Å². The first-order valence-electron chi connectivity index (χ1n) is 11.6. The molecule has 1 aromatic heterocycles. The molecule has 34 heavy (non-hydrogen) atoms. The first-order valence-corrected chi connectivity index (χ1v) is 11.6. The molecule has 0 bridgehead atoms. The van der Waals surface area contributed by atoms with E-state index in [2.05, 4.69) is 20.8 Å². The Labute approximate surface area is 199 Å². The van der Waals surface area contributed by atoms with Crippen molar-refractivity contribution in [2.45, 2.75) is 63.8 Å². The fourth-order valence-corrected chi connectivity index (χ4v) is 4.25. The lowest BCUT2D eigenvalue weighted by atomic mass is 9.89. The molecule has 3 rings (SSSR count). The Bertz CT molecular complexity index is 1020. The van der Waals surface area contributed by atoms with Crippen molar-refractivity contribution in [2.24, 2.45) is 0 Å². The molecule has 1 aliphatic rings. The minimum atomic E-state index is -0.626. The number of aromatic nitrogens is 2. The quantitative estimate of drug-likeness (QED) is 0.567. The molecule has 1 heterocycles. The van der Waals surface area contributed by atoms with Gasteiger partial charge in [0.05, 0.1) is 12.8 Å². The molecule has 0 unspecified atom stereocenters. The third-order valence-corrected chi connectivity index (χ3v) is 5.96. The molecular weight excluding hydrogens is 438 g/mol. The summed E-state index contributed by atoms with van der Waals surface area (Å²) in [4.78, 5) is 42.7. The van der Waals surface area contributed by atoms with Gasteiger partial charge in [-0.1, -0.05) is 30.8 Å². The number of nitrogens with one attached hydrogen (secondary N) is 2. The zero-order chi connectivity index (χ0) is 24.7. The third-order valence-electron chi connectivity index (χ3n) is 5.96. The average Bonchev–Trinajstić information content (AvgIpc) is 3.17. The highest BCUT2D eigenvalue weighted by Crippen LogP contribution is 2.34. The first-order chi connectivity index (χ1) is 16.2. The molecule has 0 radical (unpaired) electrons. The van der Waals surface area contributed by atoms with Crippen LogP contribution in [0.15, 0.2) is 22.7 Å². The van der Waals surface area contributed by atoms with Crippen LogP contribution in [-0.2, 0) is 21.5 Å². The number of methoxy groups -OCH3 is 1. The summed E-state index contributed by atoms with van der Waals surface area (Å²) in [5.41, 5.74) is 0.225. The maximum Gasteiger partial charge on any atom is 0.253 e. The van der Waals surface area contributed by atoms with Crippen molar-refractivity contribution in [3.63, 3.8) is 0 Å². The second-order valence-corrected chi connectivity index (χ2v) is 8.85. The SMILES string of the molecule is COc1ccc(C(=O)N(C)C)cc1NC(=O)CCc1nc(C2(NC(C)=O)CCCCCC2)no1. The summed E-state index contributed by atoms with van der Waals surface area (Å²) in [5.74, 6) is 0.673. The van der Waals surface area contributed by atoms with E-state index in [1.165, 1.54) is 18.9 Å². The van der Waals surface area contributed by atoms with Gasteiger partial charge in [-0.05, 0) is 31.0 Å². The van der Waals surface area contributed by atoms with Gasteiger partial charge in [0.25, 0.3) is 5.91 Å². The fourth-order valence-electron chi connectivity index (χ4n) is 4.25. The van der Waals surface area contributed by atoms with E-state index in [0.29, 0.717) is 28.7 Å². The van der Waals surface area contributed by atoms with Crippen molar-refractivity contribution < 1.29 is 23.6 Å². The monoisotopic (exact) mass is 471 g/mol. The van der Waals surface area contributed by atoms with Gasteiger partial charge in [0.2, 0.25) is 17.7 Å². The largest absolute Gasteiger partial charge is 0.495 e. The maximum atomic E-state index is 12.6. The number of aryl methyl sites for hydroxylation is 1. The molecule has 10 nitrogen and oxygen atoms in total. The maximum absolute atomic E-state index is 12.6. The van der Waals surface area contributed by atoms with Crippen LogP contribution in [0.25, 0.3) is 0 Å². The lowest BCUT2D eigenvalue weighted by Gasteiger charge is -2.30. The Kier molecular flexibility index (Phi) is 8.25. The second kappa shape index (κ2) is 11.1. The molecule has 2 aromatic rings. The number of carbonyl (C=O) groups excluding carboxylic acids is 3.